The molecule has 8 heteroatoms. The van der Waals surface area contributed by atoms with Gasteiger partial charge in [-0.05, 0) is 55.3 Å². The molecule has 0 aliphatic heterocycles. The van der Waals surface area contributed by atoms with Gasteiger partial charge in [0.15, 0.2) is 6.61 Å². The molecule has 0 aliphatic carbocycles. The number of hydrogen-bond donors (Lipinski definition) is 2. The zero-order chi connectivity index (χ0) is 20.0. The molecule has 0 radical (unpaired) electrons. The van der Waals surface area contributed by atoms with Crippen LogP contribution in [0.25, 0.3) is 0 Å². The fraction of sp³-hybridized carbons (Fsp3) is 0.211. The Balaban J connectivity index is 1.87. The highest BCUT2D eigenvalue weighted by Gasteiger charge is 2.15. The number of amides is 2. The number of hydrazine groups is 1. The first-order valence-corrected chi connectivity index (χ1v) is 8.36. The van der Waals surface area contributed by atoms with Crippen molar-refractivity contribution in [1.82, 2.24) is 10.9 Å². The molecule has 0 heterocycles. The maximum Gasteiger partial charge on any atom is 0.338 e. The molecule has 2 amide bonds. The van der Waals surface area contributed by atoms with Crippen molar-refractivity contribution < 1.29 is 23.9 Å². The second-order valence-corrected chi connectivity index (χ2v) is 6.16. The summed E-state index contributed by atoms with van der Waals surface area (Å²) in [7, 11) is 1.41. The van der Waals surface area contributed by atoms with E-state index in [-0.39, 0.29) is 5.56 Å². The number of esters is 1. The van der Waals surface area contributed by atoms with Crippen LogP contribution in [-0.2, 0) is 9.53 Å². The van der Waals surface area contributed by atoms with Crippen LogP contribution in [0.5, 0.6) is 5.75 Å². The second-order valence-electron chi connectivity index (χ2n) is 5.72. The molecule has 142 valence electrons. The number of ether oxygens (including phenoxy) is 2. The van der Waals surface area contributed by atoms with E-state index in [2.05, 4.69) is 10.9 Å². The Kier molecular flexibility index (Phi) is 6.79. The van der Waals surface area contributed by atoms with Gasteiger partial charge in [0.05, 0.1) is 18.2 Å². The van der Waals surface area contributed by atoms with Crippen LogP contribution in [0.2, 0.25) is 5.02 Å². The fourth-order valence-corrected chi connectivity index (χ4v) is 2.34. The topological polar surface area (TPSA) is 93.7 Å². The molecule has 0 fully saturated rings. The van der Waals surface area contributed by atoms with Crippen LogP contribution in [0.15, 0.2) is 36.4 Å². The highest BCUT2D eigenvalue weighted by Crippen LogP contribution is 2.22. The normalized spacial score (nSPS) is 10.1. The van der Waals surface area contributed by atoms with E-state index in [1.807, 2.05) is 13.8 Å². The van der Waals surface area contributed by atoms with Crippen molar-refractivity contribution in [3.63, 3.8) is 0 Å². The van der Waals surface area contributed by atoms with E-state index in [1.165, 1.54) is 19.2 Å². The molecule has 2 rings (SSSR count). The van der Waals surface area contributed by atoms with Crippen LogP contribution in [0, 0.1) is 13.8 Å². The molecule has 27 heavy (non-hydrogen) atoms. The SMILES string of the molecule is COc1ccc(Cl)cc1C(=O)NNC(=O)COC(=O)c1ccc(C)c(C)c1. The maximum atomic E-state index is 12.1. The van der Waals surface area contributed by atoms with Gasteiger partial charge >= 0.3 is 5.97 Å². The molecule has 2 aromatic carbocycles. The van der Waals surface area contributed by atoms with Gasteiger partial charge in [0.2, 0.25) is 0 Å². The van der Waals surface area contributed by atoms with E-state index in [1.54, 1.807) is 24.3 Å². The molecule has 0 saturated carbocycles. The molecule has 0 atom stereocenters. The Morgan fingerprint density at radius 1 is 1.00 bits per heavy atom. The van der Waals surface area contributed by atoms with Gasteiger partial charge in [-0.25, -0.2) is 4.79 Å². The van der Waals surface area contributed by atoms with Crippen LogP contribution in [-0.4, -0.2) is 31.5 Å². The predicted molar refractivity (Wildman–Crippen MR) is 99.8 cm³/mol. The summed E-state index contributed by atoms with van der Waals surface area (Å²) in [6, 6.07) is 9.61. The van der Waals surface area contributed by atoms with Gasteiger partial charge < -0.3 is 9.47 Å². The zero-order valence-corrected chi connectivity index (χ0v) is 15.8. The van der Waals surface area contributed by atoms with Crippen LogP contribution in [0.3, 0.4) is 0 Å². The fourth-order valence-electron chi connectivity index (χ4n) is 2.17. The van der Waals surface area contributed by atoms with Crippen LogP contribution in [0.1, 0.15) is 31.8 Å². The summed E-state index contributed by atoms with van der Waals surface area (Å²) >= 11 is 5.86. The van der Waals surface area contributed by atoms with E-state index in [9.17, 15) is 14.4 Å². The molecule has 0 unspecified atom stereocenters. The minimum Gasteiger partial charge on any atom is -0.496 e. The summed E-state index contributed by atoms with van der Waals surface area (Å²) in [5.41, 5.74) is 6.86. The molecule has 2 N–H and O–H groups in total. The highest BCUT2D eigenvalue weighted by atomic mass is 35.5. The third kappa shape index (κ3) is 5.46. The lowest BCUT2D eigenvalue weighted by Crippen LogP contribution is -2.43. The summed E-state index contributed by atoms with van der Waals surface area (Å²) in [5, 5.41) is 0.342. The summed E-state index contributed by atoms with van der Waals surface area (Å²) in [6.45, 7) is 3.26. The van der Waals surface area contributed by atoms with Crippen molar-refractivity contribution in [1.29, 1.82) is 0 Å². The first-order chi connectivity index (χ1) is 12.8. The number of aryl methyl sites for hydroxylation is 2. The summed E-state index contributed by atoms with van der Waals surface area (Å²) in [4.78, 5) is 35.9. The van der Waals surface area contributed by atoms with Crippen molar-refractivity contribution >= 4 is 29.4 Å². The standard InChI is InChI=1S/C19H19ClN2O5/c1-11-4-5-13(8-12(11)2)19(25)27-10-17(23)21-22-18(24)15-9-14(20)6-7-16(15)26-3/h4-9H,10H2,1-3H3,(H,21,23)(H,22,24). The van der Waals surface area contributed by atoms with E-state index < -0.39 is 24.4 Å². The number of benzene rings is 2. The summed E-state index contributed by atoms with van der Waals surface area (Å²) < 4.78 is 10.0. The predicted octanol–water partition coefficient (Wildman–Crippen LogP) is 2.58. The Bertz CT molecular complexity index is 882. The van der Waals surface area contributed by atoms with Gasteiger partial charge in [0, 0.05) is 5.02 Å². The quantitative estimate of drug-likeness (QED) is 0.604. The number of methoxy groups -OCH3 is 1. The molecule has 0 bridgehead atoms. The van der Waals surface area contributed by atoms with Crippen molar-refractivity contribution in [3.05, 3.63) is 63.7 Å². The minimum atomic E-state index is -0.693. The first-order valence-electron chi connectivity index (χ1n) is 7.99. The average molecular weight is 391 g/mol. The number of hydrogen-bond acceptors (Lipinski definition) is 5. The number of rotatable bonds is 5. The van der Waals surface area contributed by atoms with Gasteiger partial charge in [0.1, 0.15) is 5.75 Å². The molecule has 0 spiro atoms. The van der Waals surface area contributed by atoms with Crippen molar-refractivity contribution in [2.75, 3.05) is 13.7 Å². The summed E-state index contributed by atoms with van der Waals surface area (Å²) in [6.07, 6.45) is 0. The van der Waals surface area contributed by atoms with Crippen LogP contribution >= 0.6 is 11.6 Å². The number of carbonyl (C=O) groups is 3. The molecule has 0 aromatic heterocycles. The van der Waals surface area contributed by atoms with E-state index in [0.717, 1.165) is 11.1 Å². The second kappa shape index (κ2) is 9.05. The Morgan fingerprint density at radius 3 is 2.41 bits per heavy atom. The monoisotopic (exact) mass is 390 g/mol. The molecule has 0 saturated heterocycles. The van der Waals surface area contributed by atoms with E-state index in [4.69, 9.17) is 21.1 Å². The Labute approximate surface area is 161 Å². The molecular weight excluding hydrogens is 372 g/mol. The molecule has 2 aromatic rings. The lowest BCUT2D eigenvalue weighted by atomic mass is 10.1. The molecule has 7 nitrogen and oxygen atoms in total. The first kappa shape index (κ1) is 20.3. The average Bonchev–Trinajstić information content (AvgIpc) is 2.66. The lowest BCUT2D eigenvalue weighted by molar-refractivity contribution is -0.125. The lowest BCUT2D eigenvalue weighted by Gasteiger charge is -2.11. The minimum absolute atomic E-state index is 0.150. The third-order valence-corrected chi connectivity index (χ3v) is 4.03. The largest absolute Gasteiger partial charge is 0.496 e. The van der Waals surface area contributed by atoms with Gasteiger partial charge in [-0.15, -0.1) is 0 Å². The van der Waals surface area contributed by atoms with E-state index in [0.29, 0.717) is 16.3 Å². The number of carbonyl (C=O) groups excluding carboxylic acids is 3. The van der Waals surface area contributed by atoms with Gasteiger partial charge in [0.25, 0.3) is 11.8 Å². The number of nitrogens with one attached hydrogen (secondary N) is 2. The van der Waals surface area contributed by atoms with Crippen molar-refractivity contribution in [2.45, 2.75) is 13.8 Å². The molecular formula is C19H19ClN2O5. The van der Waals surface area contributed by atoms with Crippen LogP contribution < -0.4 is 15.6 Å². The molecule has 0 aliphatic rings. The van der Waals surface area contributed by atoms with Crippen molar-refractivity contribution in [3.8, 4) is 5.75 Å². The zero-order valence-electron chi connectivity index (χ0n) is 15.1. The van der Waals surface area contributed by atoms with E-state index >= 15 is 0 Å². The highest BCUT2D eigenvalue weighted by molar-refractivity contribution is 6.31. The van der Waals surface area contributed by atoms with Gasteiger partial charge in [-0.3, -0.25) is 20.4 Å². The summed E-state index contributed by atoms with van der Waals surface area (Å²) in [5.74, 6) is -1.65. The van der Waals surface area contributed by atoms with Crippen LogP contribution in [0.4, 0.5) is 0 Å². The smallest absolute Gasteiger partial charge is 0.338 e. The van der Waals surface area contributed by atoms with Gasteiger partial charge in [-0.1, -0.05) is 17.7 Å². The Morgan fingerprint density at radius 2 is 1.74 bits per heavy atom. The number of halogens is 1. The van der Waals surface area contributed by atoms with Crippen molar-refractivity contribution in [2.24, 2.45) is 0 Å². The maximum absolute atomic E-state index is 12.1. The third-order valence-electron chi connectivity index (χ3n) is 3.80. The van der Waals surface area contributed by atoms with Gasteiger partial charge in [-0.2, -0.15) is 0 Å². The Hall–Kier alpha value is -3.06.